The van der Waals surface area contributed by atoms with Crippen molar-refractivity contribution in [2.75, 3.05) is 78.9 Å². The van der Waals surface area contributed by atoms with Crippen molar-refractivity contribution in [2.24, 2.45) is 5.73 Å². The SMILES string of the molecule is COc1cc2c([N+](=O)[O-])cc1OCCOCCOCCOCCOCCC(=O)NC(C(=O)CCCN)CSC2c1ccccc1. The highest BCUT2D eigenvalue weighted by molar-refractivity contribution is 7.99. The van der Waals surface area contributed by atoms with Crippen LogP contribution >= 0.6 is 11.8 Å². The maximum Gasteiger partial charge on any atom is 0.278 e. The lowest BCUT2D eigenvalue weighted by molar-refractivity contribution is -0.385. The minimum atomic E-state index is -0.832. The Morgan fingerprint density at radius 2 is 1.62 bits per heavy atom. The molecule has 2 aliphatic rings. The van der Waals surface area contributed by atoms with Crippen LogP contribution in [0.2, 0.25) is 0 Å². The summed E-state index contributed by atoms with van der Waals surface area (Å²) in [6, 6.07) is 11.4. The van der Waals surface area contributed by atoms with Gasteiger partial charge in [-0.1, -0.05) is 30.3 Å². The predicted molar refractivity (Wildman–Crippen MR) is 169 cm³/mol. The smallest absolute Gasteiger partial charge is 0.278 e. The highest BCUT2D eigenvalue weighted by Crippen LogP contribution is 2.45. The zero-order valence-corrected chi connectivity index (χ0v) is 26.4. The van der Waals surface area contributed by atoms with Crippen LogP contribution in [0, 0.1) is 10.1 Å². The molecule has 45 heavy (non-hydrogen) atoms. The fraction of sp³-hybridized carbons (Fsp3) is 0.548. The Morgan fingerprint density at radius 3 is 2.22 bits per heavy atom. The van der Waals surface area contributed by atoms with Crippen LogP contribution in [0.5, 0.6) is 11.5 Å². The maximum absolute atomic E-state index is 13.2. The molecule has 14 heteroatoms. The van der Waals surface area contributed by atoms with E-state index in [9.17, 15) is 19.7 Å². The summed E-state index contributed by atoms with van der Waals surface area (Å²) in [6.07, 6.45) is 0.723. The molecule has 2 aromatic carbocycles. The number of Topliss-reactive ketones (excluding diaryl/α,β-unsaturated/α-hetero) is 1. The summed E-state index contributed by atoms with van der Waals surface area (Å²) in [5.74, 6) is 0.182. The van der Waals surface area contributed by atoms with Gasteiger partial charge in [0.1, 0.15) is 6.61 Å². The van der Waals surface area contributed by atoms with Gasteiger partial charge in [0.05, 0.1) is 87.8 Å². The van der Waals surface area contributed by atoms with Gasteiger partial charge in [-0.2, -0.15) is 0 Å². The molecule has 2 bridgehead atoms. The summed E-state index contributed by atoms with van der Waals surface area (Å²) < 4.78 is 33.4. The second kappa shape index (κ2) is 20.7. The molecule has 0 aromatic heterocycles. The average Bonchev–Trinajstić information content (AvgIpc) is 3.04. The second-order valence-electron chi connectivity index (χ2n) is 9.97. The Bertz CT molecular complexity index is 1200. The molecule has 13 nitrogen and oxygen atoms in total. The van der Waals surface area contributed by atoms with E-state index in [2.05, 4.69) is 5.32 Å². The number of thioether (sulfide) groups is 1. The van der Waals surface area contributed by atoms with Gasteiger partial charge in [-0.05, 0) is 24.6 Å². The van der Waals surface area contributed by atoms with Crippen LogP contribution in [0.15, 0.2) is 42.5 Å². The summed E-state index contributed by atoms with van der Waals surface area (Å²) >= 11 is 1.32. The van der Waals surface area contributed by atoms with Gasteiger partial charge in [-0.3, -0.25) is 19.7 Å². The number of benzene rings is 2. The molecule has 248 valence electrons. The van der Waals surface area contributed by atoms with Crippen molar-refractivity contribution in [1.82, 2.24) is 5.32 Å². The fourth-order valence-electron chi connectivity index (χ4n) is 4.46. The highest BCUT2D eigenvalue weighted by Gasteiger charge is 2.30. The number of nitrogens with one attached hydrogen (secondary N) is 1. The largest absolute Gasteiger partial charge is 0.493 e. The lowest BCUT2D eigenvalue weighted by Gasteiger charge is -2.23. The van der Waals surface area contributed by atoms with Gasteiger partial charge in [0.2, 0.25) is 5.91 Å². The number of nitrogens with zero attached hydrogens (tertiary/aromatic N) is 1. The van der Waals surface area contributed by atoms with E-state index >= 15 is 0 Å². The van der Waals surface area contributed by atoms with E-state index < -0.39 is 16.2 Å². The van der Waals surface area contributed by atoms with Crippen molar-refractivity contribution in [2.45, 2.75) is 30.6 Å². The van der Waals surface area contributed by atoms with Gasteiger partial charge in [0.25, 0.3) is 5.69 Å². The number of amides is 1. The molecule has 0 aliphatic carbocycles. The normalized spacial score (nSPS) is 20.2. The molecule has 2 aromatic rings. The van der Waals surface area contributed by atoms with Crippen LogP contribution in [-0.2, 0) is 28.5 Å². The number of rotatable bonds is 7. The Morgan fingerprint density at radius 1 is 1.00 bits per heavy atom. The topological polar surface area (TPSA) is 171 Å². The van der Waals surface area contributed by atoms with E-state index in [0.717, 1.165) is 5.56 Å². The van der Waals surface area contributed by atoms with Crippen molar-refractivity contribution in [3.63, 3.8) is 0 Å². The van der Waals surface area contributed by atoms with Crippen LogP contribution in [0.25, 0.3) is 0 Å². The van der Waals surface area contributed by atoms with E-state index in [4.69, 9.17) is 34.2 Å². The number of nitro benzene ring substituents is 1. The molecular weight excluding hydrogens is 606 g/mol. The number of fused-ring (bicyclic) bond motifs is 22. The van der Waals surface area contributed by atoms with Gasteiger partial charge in [-0.15, -0.1) is 11.8 Å². The summed E-state index contributed by atoms with van der Waals surface area (Å²) in [4.78, 5) is 37.9. The molecule has 1 amide bonds. The molecule has 0 radical (unpaired) electrons. The first-order chi connectivity index (χ1) is 21.9. The zero-order valence-electron chi connectivity index (χ0n) is 25.6. The third-order valence-electron chi connectivity index (χ3n) is 6.75. The molecule has 4 rings (SSSR count). The molecule has 0 saturated carbocycles. The molecular formula is C31H43N3O10S. The number of methoxy groups -OCH3 is 1. The quantitative estimate of drug-likeness (QED) is 0.256. The fourth-order valence-corrected chi connectivity index (χ4v) is 5.83. The molecule has 2 heterocycles. The molecule has 2 unspecified atom stereocenters. The highest BCUT2D eigenvalue weighted by atomic mass is 32.2. The van der Waals surface area contributed by atoms with Crippen LogP contribution in [0.1, 0.15) is 35.6 Å². The van der Waals surface area contributed by atoms with Crippen molar-refractivity contribution < 1.29 is 42.9 Å². The average molecular weight is 650 g/mol. The van der Waals surface area contributed by atoms with Crippen LogP contribution in [-0.4, -0.2) is 102 Å². The first-order valence-corrected chi connectivity index (χ1v) is 16.0. The Labute approximate surface area is 267 Å². The maximum atomic E-state index is 13.2. The Hall–Kier alpha value is -3.27. The second-order valence-corrected chi connectivity index (χ2v) is 11.1. The Balaban J connectivity index is 1.92. The molecule has 2 atom stereocenters. The number of ether oxygens (including phenoxy) is 6. The molecule has 0 fully saturated rings. The standard InChI is InChI=1S/C31H43N3O10S/c1-39-28-20-24-26(34(37)38)21-29(28)44-19-18-43-17-16-42-15-14-41-13-12-40-11-9-30(36)33-25(27(35)8-5-10-32)22-45-31(24)23-6-3-2-4-7-23/h2-4,6-7,20-21,25,31H,5,8-19,22,32H2,1H3,(H,33,36). The van der Waals surface area contributed by atoms with E-state index in [-0.39, 0.29) is 61.5 Å². The van der Waals surface area contributed by atoms with E-state index in [1.165, 1.54) is 24.9 Å². The first-order valence-electron chi connectivity index (χ1n) is 14.9. The van der Waals surface area contributed by atoms with Crippen molar-refractivity contribution >= 4 is 29.1 Å². The lowest BCUT2D eigenvalue weighted by Crippen LogP contribution is -2.43. The van der Waals surface area contributed by atoms with Crippen molar-refractivity contribution in [3.05, 3.63) is 63.7 Å². The summed E-state index contributed by atoms with van der Waals surface area (Å²) in [5.41, 5.74) is 6.63. The molecule has 2 aliphatic heterocycles. The summed E-state index contributed by atoms with van der Waals surface area (Å²) in [5, 5.41) is 14.6. The van der Waals surface area contributed by atoms with Crippen molar-refractivity contribution in [1.29, 1.82) is 0 Å². The lowest BCUT2D eigenvalue weighted by atomic mass is 10.0. The van der Waals surface area contributed by atoms with E-state index in [1.807, 2.05) is 30.3 Å². The van der Waals surface area contributed by atoms with Crippen LogP contribution in [0.3, 0.4) is 0 Å². The number of hydrogen-bond acceptors (Lipinski definition) is 12. The number of carbonyl (C=O) groups is 2. The zero-order chi connectivity index (χ0) is 32.3. The van der Waals surface area contributed by atoms with Gasteiger partial charge in [-0.25, -0.2) is 0 Å². The Kier molecular flexibility index (Phi) is 16.7. The molecule has 0 spiro atoms. The third-order valence-corrected chi connectivity index (χ3v) is 8.14. The number of nitrogens with two attached hydrogens (primary N) is 1. The summed E-state index contributed by atoms with van der Waals surface area (Å²) in [7, 11) is 1.46. The van der Waals surface area contributed by atoms with E-state index in [0.29, 0.717) is 63.9 Å². The number of carbonyl (C=O) groups excluding carboxylic acids is 2. The number of ketones is 1. The van der Waals surface area contributed by atoms with Gasteiger partial charge in [0.15, 0.2) is 17.3 Å². The number of hydrogen-bond donors (Lipinski definition) is 2. The monoisotopic (exact) mass is 649 g/mol. The predicted octanol–water partition coefficient (Wildman–Crippen LogP) is 3.07. The van der Waals surface area contributed by atoms with Gasteiger partial charge < -0.3 is 39.5 Å². The van der Waals surface area contributed by atoms with Crippen LogP contribution in [0.4, 0.5) is 5.69 Å². The molecule has 3 N–H and O–H groups in total. The summed E-state index contributed by atoms with van der Waals surface area (Å²) in [6.45, 7) is 3.02. The third kappa shape index (κ3) is 12.6. The molecule has 0 saturated heterocycles. The van der Waals surface area contributed by atoms with Crippen LogP contribution < -0.4 is 20.5 Å². The minimum Gasteiger partial charge on any atom is -0.493 e. The van der Waals surface area contributed by atoms with Gasteiger partial charge in [0, 0.05) is 18.6 Å². The first kappa shape index (κ1) is 36.2. The number of nitro groups is 1. The van der Waals surface area contributed by atoms with E-state index in [1.54, 1.807) is 6.07 Å². The minimum absolute atomic E-state index is 0.0562. The van der Waals surface area contributed by atoms with Gasteiger partial charge >= 0.3 is 0 Å². The van der Waals surface area contributed by atoms with Crippen molar-refractivity contribution in [3.8, 4) is 11.5 Å².